The molecule has 1 fully saturated rings. The van der Waals surface area contributed by atoms with E-state index in [1.807, 2.05) is 6.92 Å². The molecule has 1 aromatic carbocycles. The second-order valence-corrected chi connectivity index (χ2v) is 11.9. The molecule has 0 aliphatic carbocycles. The van der Waals surface area contributed by atoms with E-state index in [2.05, 4.69) is 23.7 Å². The maximum absolute atomic E-state index is 13.2. The van der Waals surface area contributed by atoms with Crippen LogP contribution in [0.1, 0.15) is 42.7 Å². The number of benzene rings is 1. The number of carbonyl (C=O) groups is 2. The lowest BCUT2D eigenvalue weighted by molar-refractivity contribution is -0.126. The Kier molecular flexibility index (Phi) is 6.93. The van der Waals surface area contributed by atoms with E-state index < -0.39 is 10.0 Å². The number of amides is 2. The summed E-state index contributed by atoms with van der Waals surface area (Å²) in [4.78, 5) is 27.8. The predicted octanol–water partition coefficient (Wildman–Crippen LogP) is 3.11. The highest BCUT2D eigenvalue weighted by Gasteiger charge is 2.34. The Bertz CT molecular complexity index is 1150. The summed E-state index contributed by atoms with van der Waals surface area (Å²) >= 11 is 1.70. The van der Waals surface area contributed by atoms with Gasteiger partial charge < -0.3 is 10.2 Å². The van der Waals surface area contributed by atoms with Crippen LogP contribution in [0.4, 0.5) is 5.69 Å². The van der Waals surface area contributed by atoms with Crippen molar-refractivity contribution in [2.45, 2.75) is 57.4 Å². The lowest BCUT2D eigenvalue weighted by Gasteiger charge is -2.30. The van der Waals surface area contributed by atoms with E-state index in [9.17, 15) is 18.0 Å². The molecule has 3 heterocycles. The average Bonchev–Trinajstić information content (AvgIpc) is 3.34. The molecule has 2 aliphatic rings. The maximum atomic E-state index is 13.2. The van der Waals surface area contributed by atoms with Gasteiger partial charge in [-0.1, -0.05) is 0 Å². The highest BCUT2D eigenvalue weighted by atomic mass is 32.2. The van der Waals surface area contributed by atoms with E-state index in [-0.39, 0.29) is 28.7 Å². The number of hydrogen-bond donors (Lipinski definition) is 1. The minimum Gasteiger partial charge on any atom is -0.355 e. The van der Waals surface area contributed by atoms with Gasteiger partial charge in [0.25, 0.3) is 0 Å². The van der Waals surface area contributed by atoms with Crippen LogP contribution < -0.4 is 10.2 Å². The number of carbonyl (C=O) groups excluding carboxylic acids is 2. The first-order valence-electron chi connectivity index (χ1n) is 11.4. The van der Waals surface area contributed by atoms with Crippen molar-refractivity contribution in [2.75, 3.05) is 24.5 Å². The van der Waals surface area contributed by atoms with E-state index in [0.717, 1.165) is 17.7 Å². The van der Waals surface area contributed by atoms with Crippen LogP contribution in [-0.2, 0) is 32.5 Å². The zero-order valence-corrected chi connectivity index (χ0v) is 21.0. The molecule has 2 aromatic rings. The monoisotopic (exact) mass is 489 g/mol. The minimum absolute atomic E-state index is 0.0112. The van der Waals surface area contributed by atoms with Crippen LogP contribution in [0.25, 0.3) is 0 Å². The van der Waals surface area contributed by atoms with Crippen molar-refractivity contribution in [1.29, 1.82) is 0 Å². The third kappa shape index (κ3) is 4.85. The van der Waals surface area contributed by atoms with Gasteiger partial charge in [-0.25, -0.2) is 8.42 Å². The number of thiophene rings is 1. The molecule has 9 heteroatoms. The standard InChI is InChI=1S/C24H31N3O4S2/c1-16-9-13-32-23(16)6-10-25-24(29)19-7-11-26(12-8-19)33(30,31)21-4-5-22-20(15-21)14-17(2)27(22)18(3)28/h4-5,9,13,15,17,19H,6-8,10-12,14H2,1-3H3,(H,25,29)/t17-/m0/s1. The van der Waals surface area contributed by atoms with Crippen molar-refractivity contribution in [3.63, 3.8) is 0 Å². The van der Waals surface area contributed by atoms with Gasteiger partial charge in [0, 0.05) is 49.1 Å². The fraction of sp³-hybridized carbons (Fsp3) is 0.500. The van der Waals surface area contributed by atoms with Crippen LogP contribution >= 0.6 is 11.3 Å². The lowest BCUT2D eigenvalue weighted by Crippen LogP contribution is -2.43. The molecule has 7 nitrogen and oxygen atoms in total. The van der Waals surface area contributed by atoms with Gasteiger partial charge in [0.15, 0.2) is 0 Å². The van der Waals surface area contributed by atoms with Crippen molar-refractivity contribution < 1.29 is 18.0 Å². The summed E-state index contributed by atoms with van der Waals surface area (Å²) in [5.74, 6) is -0.189. The van der Waals surface area contributed by atoms with Crippen LogP contribution in [0.15, 0.2) is 34.5 Å². The van der Waals surface area contributed by atoms with Crippen molar-refractivity contribution in [3.05, 3.63) is 45.6 Å². The Balaban J connectivity index is 1.34. The van der Waals surface area contributed by atoms with Gasteiger partial charge in [0.1, 0.15) is 0 Å². The minimum atomic E-state index is -3.64. The van der Waals surface area contributed by atoms with E-state index in [0.29, 0.717) is 38.9 Å². The molecule has 2 amide bonds. The first kappa shape index (κ1) is 23.9. The largest absolute Gasteiger partial charge is 0.355 e. The molecule has 1 N–H and O–H groups in total. The molecule has 4 rings (SSSR count). The molecule has 0 unspecified atom stereocenters. The Morgan fingerprint density at radius 1 is 1.18 bits per heavy atom. The first-order valence-corrected chi connectivity index (χ1v) is 13.7. The molecule has 0 bridgehead atoms. The van der Waals surface area contributed by atoms with E-state index in [4.69, 9.17) is 0 Å². The molecular formula is C24H31N3O4S2. The number of piperidine rings is 1. The third-order valence-corrected chi connectivity index (χ3v) is 9.67. The number of sulfonamides is 1. The number of nitrogens with zero attached hydrogens (tertiary/aromatic N) is 2. The zero-order valence-electron chi connectivity index (χ0n) is 19.3. The van der Waals surface area contributed by atoms with Crippen LogP contribution in [0.5, 0.6) is 0 Å². The topological polar surface area (TPSA) is 86.8 Å². The van der Waals surface area contributed by atoms with Crippen LogP contribution in [0.3, 0.4) is 0 Å². The Morgan fingerprint density at radius 2 is 1.91 bits per heavy atom. The van der Waals surface area contributed by atoms with Crippen LogP contribution in [-0.4, -0.2) is 50.2 Å². The molecule has 0 spiro atoms. The fourth-order valence-corrected chi connectivity index (χ4v) is 7.29. The number of fused-ring (bicyclic) bond motifs is 1. The lowest BCUT2D eigenvalue weighted by atomic mass is 9.97. The molecular weight excluding hydrogens is 458 g/mol. The molecule has 1 saturated heterocycles. The number of anilines is 1. The quantitative estimate of drug-likeness (QED) is 0.676. The van der Waals surface area contributed by atoms with Gasteiger partial charge in [0.2, 0.25) is 21.8 Å². The SMILES string of the molecule is CC(=O)N1c2ccc(S(=O)(=O)N3CCC(C(=O)NCCc4sccc4C)CC3)cc2C[C@@H]1C. The Morgan fingerprint density at radius 3 is 2.55 bits per heavy atom. The van der Waals surface area contributed by atoms with Gasteiger partial charge in [-0.15, -0.1) is 11.3 Å². The Labute approximate surface area is 199 Å². The zero-order chi connectivity index (χ0) is 23.8. The van der Waals surface area contributed by atoms with Crippen molar-refractivity contribution in [3.8, 4) is 0 Å². The molecule has 0 saturated carbocycles. The second-order valence-electron chi connectivity index (χ2n) is 8.98. The van der Waals surface area contributed by atoms with Gasteiger partial charge in [-0.2, -0.15) is 4.31 Å². The smallest absolute Gasteiger partial charge is 0.243 e. The summed E-state index contributed by atoms with van der Waals surface area (Å²) in [5, 5.41) is 5.08. The molecule has 33 heavy (non-hydrogen) atoms. The summed E-state index contributed by atoms with van der Waals surface area (Å²) in [6.45, 7) is 6.83. The summed E-state index contributed by atoms with van der Waals surface area (Å²) in [5.41, 5.74) is 2.93. The highest BCUT2D eigenvalue weighted by Crippen LogP contribution is 2.35. The average molecular weight is 490 g/mol. The van der Waals surface area contributed by atoms with Crippen molar-refractivity contribution in [2.24, 2.45) is 5.92 Å². The van der Waals surface area contributed by atoms with Crippen molar-refractivity contribution >= 4 is 38.9 Å². The van der Waals surface area contributed by atoms with E-state index in [1.54, 1.807) is 34.4 Å². The van der Waals surface area contributed by atoms with Crippen LogP contribution in [0, 0.1) is 12.8 Å². The van der Waals surface area contributed by atoms with E-state index in [1.165, 1.54) is 21.7 Å². The number of hydrogen-bond acceptors (Lipinski definition) is 5. The predicted molar refractivity (Wildman–Crippen MR) is 130 cm³/mol. The third-order valence-electron chi connectivity index (χ3n) is 6.69. The summed E-state index contributed by atoms with van der Waals surface area (Å²) in [6, 6.07) is 7.14. The summed E-state index contributed by atoms with van der Waals surface area (Å²) < 4.78 is 28.0. The van der Waals surface area contributed by atoms with E-state index >= 15 is 0 Å². The van der Waals surface area contributed by atoms with Crippen molar-refractivity contribution in [1.82, 2.24) is 9.62 Å². The van der Waals surface area contributed by atoms with Crippen LogP contribution in [0.2, 0.25) is 0 Å². The molecule has 178 valence electrons. The fourth-order valence-electron chi connectivity index (χ4n) is 4.86. The summed E-state index contributed by atoms with van der Waals surface area (Å²) in [6.07, 6.45) is 2.50. The highest BCUT2D eigenvalue weighted by molar-refractivity contribution is 7.89. The second kappa shape index (κ2) is 9.56. The number of aryl methyl sites for hydroxylation is 1. The number of rotatable bonds is 6. The first-order chi connectivity index (χ1) is 15.7. The molecule has 0 radical (unpaired) electrons. The number of nitrogens with one attached hydrogen (secondary N) is 1. The summed E-state index contributed by atoms with van der Waals surface area (Å²) in [7, 11) is -3.64. The molecule has 2 aliphatic heterocycles. The van der Waals surface area contributed by atoms with Gasteiger partial charge in [0.05, 0.1) is 4.90 Å². The van der Waals surface area contributed by atoms with Gasteiger partial charge in [-0.3, -0.25) is 9.59 Å². The Hall–Kier alpha value is -2.23. The molecule has 1 atom stereocenters. The normalized spacial score (nSPS) is 19.5. The van der Waals surface area contributed by atoms with Gasteiger partial charge >= 0.3 is 0 Å². The maximum Gasteiger partial charge on any atom is 0.243 e. The van der Waals surface area contributed by atoms with Gasteiger partial charge in [-0.05, 0) is 80.3 Å². The molecule has 1 aromatic heterocycles.